The lowest BCUT2D eigenvalue weighted by Gasteiger charge is -2.38. The third-order valence-corrected chi connectivity index (χ3v) is 3.99. The number of guanidine groups is 1. The van der Waals surface area contributed by atoms with E-state index in [2.05, 4.69) is 44.5 Å². The molecule has 23 heavy (non-hydrogen) atoms. The molecule has 1 aliphatic rings. The van der Waals surface area contributed by atoms with Gasteiger partial charge in [-0.05, 0) is 13.8 Å². The van der Waals surface area contributed by atoms with Crippen molar-refractivity contribution in [3.8, 4) is 0 Å². The van der Waals surface area contributed by atoms with Crippen LogP contribution in [0.15, 0.2) is 11.3 Å². The van der Waals surface area contributed by atoms with Crippen LogP contribution in [0.2, 0.25) is 0 Å². The molecule has 2 rings (SSSR count). The molecule has 8 nitrogen and oxygen atoms in total. The Hall–Kier alpha value is -0.940. The number of ether oxygens (including phenoxy) is 1. The van der Waals surface area contributed by atoms with Crippen LogP contribution in [0.1, 0.15) is 19.7 Å². The predicted octanol–water partition coefficient (Wildman–Crippen LogP) is 0.207. The summed E-state index contributed by atoms with van der Waals surface area (Å²) in [6.45, 7) is 8.47. The molecule has 1 saturated heterocycles. The monoisotopic (exact) mass is 437 g/mol. The quantitative estimate of drug-likeness (QED) is 0.390. The van der Waals surface area contributed by atoms with Gasteiger partial charge in [-0.25, -0.2) is 4.98 Å². The lowest BCUT2D eigenvalue weighted by Crippen LogP contribution is -2.53. The minimum atomic E-state index is 0. The zero-order valence-electron chi connectivity index (χ0n) is 14.3. The predicted molar refractivity (Wildman–Crippen MR) is 101 cm³/mol. The smallest absolute Gasteiger partial charge is 0.191 e. The molecule has 0 amide bonds. The molecule has 2 N–H and O–H groups in total. The number of hydrogen-bond acceptors (Lipinski definition) is 5. The van der Waals surface area contributed by atoms with E-state index in [-0.39, 0.29) is 24.0 Å². The van der Waals surface area contributed by atoms with Gasteiger partial charge in [-0.2, -0.15) is 5.10 Å². The zero-order valence-corrected chi connectivity index (χ0v) is 16.7. The highest BCUT2D eigenvalue weighted by Crippen LogP contribution is 2.09. The first-order valence-electron chi connectivity index (χ1n) is 7.72. The van der Waals surface area contributed by atoms with E-state index in [0.29, 0.717) is 18.6 Å². The highest BCUT2D eigenvalue weighted by molar-refractivity contribution is 14.0. The maximum Gasteiger partial charge on any atom is 0.191 e. The van der Waals surface area contributed by atoms with Gasteiger partial charge in [0.05, 0.1) is 19.8 Å². The van der Waals surface area contributed by atoms with E-state index >= 15 is 0 Å². The van der Waals surface area contributed by atoms with Crippen LogP contribution in [0, 0.1) is 0 Å². The molecule has 1 fully saturated rings. The number of halogens is 1. The summed E-state index contributed by atoms with van der Waals surface area (Å²) < 4.78 is 7.24. The molecule has 0 bridgehead atoms. The first-order valence-corrected chi connectivity index (χ1v) is 7.72. The Balaban J connectivity index is 0.00000264. The Morgan fingerprint density at radius 2 is 2.30 bits per heavy atom. The summed E-state index contributed by atoms with van der Waals surface area (Å²) in [5.74, 6) is 1.65. The molecule has 2 atom stereocenters. The van der Waals surface area contributed by atoms with Crippen molar-refractivity contribution < 1.29 is 4.74 Å². The molecule has 0 aliphatic carbocycles. The maximum absolute atomic E-state index is 5.49. The summed E-state index contributed by atoms with van der Waals surface area (Å²) in [5, 5.41) is 10.7. The summed E-state index contributed by atoms with van der Waals surface area (Å²) in [5.41, 5.74) is 0. The molecule has 2 heterocycles. The molecule has 1 aliphatic heterocycles. The minimum Gasteiger partial charge on any atom is -0.379 e. The summed E-state index contributed by atoms with van der Waals surface area (Å²) in [4.78, 5) is 10.9. The number of morpholine rings is 1. The molecule has 0 radical (unpaired) electrons. The van der Waals surface area contributed by atoms with Gasteiger partial charge in [-0.15, -0.1) is 24.0 Å². The summed E-state index contributed by atoms with van der Waals surface area (Å²) in [6, 6.07) is 0.881. The Morgan fingerprint density at radius 3 is 2.91 bits per heavy atom. The zero-order chi connectivity index (χ0) is 15.9. The van der Waals surface area contributed by atoms with Crippen LogP contribution >= 0.6 is 24.0 Å². The van der Waals surface area contributed by atoms with E-state index in [0.717, 1.165) is 38.1 Å². The number of aliphatic imine (C=N–C) groups is 1. The molecule has 1 aromatic heterocycles. The second kappa shape index (κ2) is 10.0. The Bertz CT molecular complexity index is 493. The highest BCUT2D eigenvalue weighted by Gasteiger charge is 2.23. The van der Waals surface area contributed by atoms with Crippen LogP contribution in [0.25, 0.3) is 0 Å². The average Bonchev–Trinajstić information content (AvgIpc) is 2.93. The van der Waals surface area contributed by atoms with E-state index in [1.807, 2.05) is 7.05 Å². The lowest BCUT2D eigenvalue weighted by atomic mass is 10.2. The lowest BCUT2D eigenvalue weighted by molar-refractivity contribution is -0.0174. The minimum absolute atomic E-state index is 0. The van der Waals surface area contributed by atoms with Crippen LogP contribution in [0.3, 0.4) is 0 Å². The fourth-order valence-corrected chi connectivity index (χ4v) is 2.62. The third kappa shape index (κ3) is 5.88. The number of nitrogens with zero attached hydrogens (tertiary/aromatic N) is 5. The summed E-state index contributed by atoms with van der Waals surface area (Å²) in [7, 11) is 3.65. The van der Waals surface area contributed by atoms with Gasteiger partial charge in [0.25, 0.3) is 0 Å². The van der Waals surface area contributed by atoms with Gasteiger partial charge in [0.15, 0.2) is 5.96 Å². The molecule has 1 aromatic rings. The van der Waals surface area contributed by atoms with Crippen molar-refractivity contribution in [2.24, 2.45) is 12.0 Å². The van der Waals surface area contributed by atoms with E-state index in [9.17, 15) is 0 Å². The van der Waals surface area contributed by atoms with Crippen molar-refractivity contribution in [2.75, 3.05) is 33.4 Å². The number of rotatable bonds is 5. The van der Waals surface area contributed by atoms with Crippen molar-refractivity contribution in [2.45, 2.75) is 32.5 Å². The normalized spacial score (nSPS) is 20.7. The highest BCUT2D eigenvalue weighted by atomic mass is 127. The SMILES string of the molecule is CN=C(NCc1ncnn1C)NCC(C)N1CCOCC1C.I. The molecular weight excluding hydrogens is 409 g/mol. The second-order valence-electron chi connectivity index (χ2n) is 5.62. The van der Waals surface area contributed by atoms with Gasteiger partial charge in [-0.3, -0.25) is 14.6 Å². The van der Waals surface area contributed by atoms with Crippen LogP contribution in [-0.2, 0) is 18.3 Å². The van der Waals surface area contributed by atoms with Crippen molar-refractivity contribution >= 4 is 29.9 Å². The molecule has 9 heteroatoms. The molecule has 0 aromatic carbocycles. The van der Waals surface area contributed by atoms with E-state index in [1.165, 1.54) is 0 Å². The van der Waals surface area contributed by atoms with Crippen molar-refractivity contribution in [3.05, 3.63) is 12.2 Å². The first kappa shape index (κ1) is 20.1. The van der Waals surface area contributed by atoms with Crippen molar-refractivity contribution in [3.63, 3.8) is 0 Å². The standard InChI is InChI=1S/C14H27N7O.HI/c1-11(21-5-6-22-9-12(21)2)7-16-14(15-3)17-8-13-18-10-19-20(13)4;/h10-12H,5-9H2,1-4H3,(H2,15,16,17);1H. The maximum atomic E-state index is 5.49. The van der Waals surface area contributed by atoms with Crippen LogP contribution in [0.4, 0.5) is 0 Å². The van der Waals surface area contributed by atoms with Gasteiger partial charge < -0.3 is 15.4 Å². The molecular formula is C14H28IN7O. The number of aryl methyl sites for hydroxylation is 1. The third-order valence-electron chi connectivity index (χ3n) is 3.99. The summed E-state index contributed by atoms with van der Waals surface area (Å²) in [6.07, 6.45) is 1.55. The Kier molecular flexibility index (Phi) is 8.77. The second-order valence-corrected chi connectivity index (χ2v) is 5.62. The van der Waals surface area contributed by atoms with E-state index in [1.54, 1.807) is 18.1 Å². The summed E-state index contributed by atoms with van der Waals surface area (Å²) >= 11 is 0. The first-order chi connectivity index (χ1) is 10.6. The molecule has 0 spiro atoms. The fourth-order valence-electron chi connectivity index (χ4n) is 2.62. The number of hydrogen-bond donors (Lipinski definition) is 2. The van der Waals surface area contributed by atoms with Crippen LogP contribution in [0.5, 0.6) is 0 Å². The van der Waals surface area contributed by atoms with Gasteiger partial charge in [0.2, 0.25) is 0 Å². The average molecular weight is 437 g/mol. The van der Waals surface area contributed by atoms with Gasteiger partial charge in [0.1, 0.15) is 12.2 Å². The van der Waals surface area contributed by atoms with Crippen LogP contribution < -0.4 is 10.6 Å². The molecule has 132 valence electrons. The largest absolute Gasteiger partial charge is 0.379 e. The van der Waals surface area contributed by atoms with Crippen LogP contribution in [-0.4, -0.2) is 71.1 Å². The van der Waals surface area contributed by atoms with Crippen molar-refractivity contribution in [1.29, 1.82) is 0 Å². The molecule has 2 unspecified atom stereocenters. The van der Waals surface area contributed by atoms with Gasteiger partial charge in [0, 0.05) is 39.3 Å². The Labute approximate surface area is 155 Å². The van der Waals surface area contributed by atoms with Gasteiger partial charge >= 0.3 is 0 Å². The number of aromatic nitrogens is 3. The number of nitrogens with one attached hydrogen (secondary N) is 2. The van der Waals surface area contributed by atoms with Gasteiger partial charge in [-0.1, -0.05) is 0 Å². The molecule has 0 saturated carbocycles. The van der Waals surface area contributed by atoms with E-state index < -0.39 is 0 Å². The topological polar surface area (TPSA) is 79.6 Å². The van der Waals surface area contributed by atoms with E-state index in [4.69, 9.17) is 4.74 Å². The fraction of sp³-hybridized carbons (Fsp3) is 0.786. The van der Waals surface area contributed by atoms with Crippen molar-refractivity contribution in [1.82, 2.24) is 30.3 Å². The Morgan fingerprint density at radius 1 is 1.52 bits per heavy atom.